The average Bonchev–Trinajstić information content (AvgIpc) is 2.88. The maximum absolute atomic E-state index is 14.8. The molecule has 2 heteroatoms. The highest BCUT2D eigenvalue weighted by Crippen LogP contribution is 2.51. The van der Waals surface area contributed by atoms with Crippen LogP contribution in [-0.2, 0) is 0 Å². The minimum absolute atomic E-state index is 0.152. The van der Waals surface area contributed by atoms with Gasteiger partial charge >= 0.3 is 0 Å². The van der Waals surface area contributed by atoms with E-state index in [0.29, 0.717) is 16.9 Å². The Bertz CT molecular complexity index is 540. The van der Waals surface area contributed by atoms with Gasteiger partial charge in [-0.3, -0.25) is 0 Å². The summed E-state index contributed by atoms with van der Waals surface area (Å²) in [6.45, 7) is 18.4. The molecule has 1 nitrogen and oxygen atoms in total. The van der Waals surface area contributed by atoms with E-state index in [-0.39, 0.29) is 5.92 Å². The Morgan fingerprint density at radius 1 is 1.16 bits per heavy atom. The van der Waals surface area contributed by atoms with Crippen molar-refractivity contribution in [3.8, 4) is 0 Å². The van der Waals surface area contributed by atoms with Gasteiger partial charge in [0, 0.05) is 24.2 Å². The minimum atomic E-state index is -1.20. The third-order valence-electron chi connectivity index (χ3n) is 7.69. The summed E-state index contributed by atoms with van der Waals surface area (Å²) < 4.78 is 14.8. The minimum Gasteiger partial charge on any atom is -0.375 e. The second-order valence-corrected chi connectivity index (χ2v) is 9.25. The SMILES string of the molecule is C=C1CCC2(CC1)CCN(CC1CCC(C(C)(F)C(=C)C)CC1)C2=C. The Morgan fingerprint density at radius 2 is 1.76 bits per heavy atom. The predicted octanol–water partition coefficient (Wildman–Crippen LogP) is 6.43. The van der Waals surface area contributed by atoms with Crippen molar-refractivity contribution in [1.82, 2.24) is 4.90 Å². The molecule has 3 rings (SSSR count). The molecule has 0 aromatic rings. The first-order chi connectivity index (χ1) is 11.7. The van der Waals surface area contributed by atoms with Crippen LogP contribution in [-0.4, -0.2) is 23.7 Å². The average molecular weight is 346 g/mol. The lowest BCUT2D eigenvalue weighted by atomic mass is 9.70. The van der Waals surface area contributed by atoms with E-state index in [9.17, 15) is 4.39 Å². The summed E-state index contributed by atoms with van der Waals surface area (Å²) in [4.78, 5) is 2.56. The summed E-state index contributed by atoms with van der Waals surface area (Å²) in [5, 5.41) is 0. The van der Waals surface area contributed by atoms with Crippen LogP contribution in [0.4, 0.5) is 4.39 Å². The number of allylic oxidation sites excluding steroid dienone is 3. The molecule has 0 N–H and O–H groups in total. The summed E-state index contributed by atoms with van der Waals surface area (Å²) in [5.41, 5.74) is 2.65. The first-order valence-corrected chi connectivity index (χ1v) is 10.2. The van der Waals surface area contributed by atoms with Crippen molar-refractivity contribution < 1.29 is 4.39 Å². The van der Waals surface area contributed by atoms with Gasteiger partial charge in [0.2, 0.25) is 0 Å². The van der Waals surface area contributed by atoms with E-state index in [0.717, 1.165) is 38.8 Å². The molecule has 1 heterocycles. The van der Waals surface area contributed by atoms with Crippen molar-refractivity contribution in [1.29, 1.82) is 0 Å². The summed E-state index contributed by atoms with van der Waals surface area (Å²) in [5.74, 6) is 0.848. The Balaban J connectivity index is 1.52. The molecule has 1 spiro atoms. The number of alkyl halides is 1. The molecule has 0 radical (unpaired) electrons. The van der Waals surface area contributed by atoms with Crippen LogP contribution in [0.15, 0.2) is 36.6 Å². The lowest BCUT2D eigenvalue weighted by Gasteiger charge is -2.40. The lowest BCUT2D eigenvalue weighted by Crippen LogP contribution is -2.36. The molecule has 0 bridgehead atoms. The van der Waals surface area contributed by atoms with Crippen molar-refractivity contribution in [3.63, 3.8) is 0 Å². The zero-order chi connectivity index (χ0) is 18.2. The van der Waals surface area contributed by atoms with Crippen LogP contribution in [0.2, 0.25) is 0 Å². The van der Waals surface area contributed by atoms with Crippen LogP contribution >= 0.6 is 0 Å². The molecule has 2 saturated carbocycles. The summed E-state index contributed by atoms with van der Waals surface area (Å²) in [7, 11) is 0. The molecule has 1 unspecified atom stereocenters. The normalized spacial score (nSPS) is 32.0. The number of rotatable bonds is 4. The molecule has 3 aliphatic rings. The largest absolute Gasteiger partial charge is 0.375 e. The highest BCUT2D eigenvalue weighted by atomic mass is 19.1. The van der Waals surface area contributed by atoms with Crippen molar-refractivity contribution in [2.75, 3.05) is 13.1 Å². The summed E-state index contributed by atoms with van der Waals surface area (Å²) in [6.07, 6.45) is 10.4. The summed E-state index contributed by atoms with van der Waals surface area (Å²) >= 11 is 0. The molecule has 25 heavy (non-hydrogen) atoms. The van der Waals surface area contributed by atoms with E-state index in [1.165, 1.54) is 43.4 Å². The highest BCUT2D eigenvalue weighted by Gasteiger charge is 2.44. The van der Waals surface area contributed by atoms with E-state index in [1.54, 1.807) is 6.92 Å². The molecule has 0 aromatic carbocycles. The van der Waals surface area contributed by atoms with E-state index in [1.807, 2.05) is 6.92 Å². The Labute approximate surface area is 154 Å². The first-order valence-electron chi connectivity index (χ1n) is 10.2. The zero-order valence-corrected chi connectivity index (χ0v) is 16.4. The van der Waals surface area contributed by atoms with Gasteiger partial charge in [-0.1, -0.05) is 25.3 Å². The molecule has 1 aliphatic heterocycles. The van der Waals surface area contributed by atoms with Gasteiger partial charge in [-0.2, -0.15) is 0 Å². The van der Waals surface area contributed by atoms with Crippen LogP contribution in [0.5, 0.6) is 0 Å². The lowest BCUT2D eigenvalue weighted by molar-refractivity contribution is 0.0894. The van der Waals surface area contributed by atoms with Crippen LogP contribution in [0.3, 0.4) is 0 Å². The molecular weight excluding hydrogens is 309 g/mol. The predicted molar refractivity (Wildman–Crippen MR) is 105 cm³/mol. The number of hydrogen-bond donors (Lipinski definition) is 0. The molecular formula is C23H36FN. The van der Waals surface area contributed by atoms with Gasteiger partial charge in [0.25, 0.3) is 0 Å². The van der Waals surface area contributed by atoms with E-state index in [4.69, 9.17) is 0 Å². The molecule has 0 aromatic heterocycles. The van der Waals surface area contributed by atoms with Crippen LogP contribution in [0.25, 0.3) is 0 Å². The van der Waals surface area contributed by atoms with Crippen LogP contribution in [0.1, 0.15) is 71.6 Å². The zero-order valence-electron chi connectivity index (χ0n) is 16.4. The number of hydrogen-bond acceptors (Lipinski definition) is 1. The molecule has 3 fully saturated rings. The molecule has 1 atom stereocenters. The fraction of sp³-hybridized carbons (Fsp3) is 0.739. The van der Waals surface area contributed by atoms with Gasteiger partial charge in [-0.15, -0.1) is 0 Å². The monoisotopic (exact) mass is 345 g/mol. The van der Waals surface area contributed by atoms with Crippen LogP contribution in [0, 0.1) is 17.3 Å². The Morgan fingerprint density at radius 3 is 2.32 bits per heavy atom. The van der Waals surface area contributed by atoms with E-state index < -0.39 is 5.67 Å². The Kier molecular flexibility index (Phi) is 5.19. The molecule has 1 saturated heterocycles. The number of halogens is 1. The first kappa shape index (κ1) is 18.7. The van der Waals surface area contributed by atoms with Gasteiger partial charge in [0.1, 0.15) is 5.67 Å². The van der Waals surface area contributed by atoms with E-state index >= 15 is 0 Å². The van der Waals surface area contributed by atoms with Crippen LogP contribution < -0.4 is 0 Å². The smallest absolute Gasteiger partial charge is 0.131 e. The second-order valence-electron chi connectivity index (χ2n) is 9.25. The van der Waals surface area contributed by atoms with Crippen molar-refractivity contribution in [2.24, 2.45) is 17.3 Å². The molecule has 140 valence electrons. The quantitative estimate of drug-likeness (QED) is 0.530. The molecule has 0 amide bonds. The fourth-order valence-corrected chi connectivity index (χ4v) is 5.33. The van der Waals surface area contributed by atoms with Gasteiger partial charge in [0.05, 0.1) is 0 Å². The third kappa shape index (κ3) is 3.59. The van der Waals surface area contributed by atoms with E-state index in [2.05, 4.69) is 24.6 Å². The van der Waals surface area contributed by atoms with Crippen molar-refractivity contribution >= 4 is 0 Å². The maximum Gasteiger partial charge on any atom is 0.131 e. The van der Waals surface area contributed by atoms with Crippen molar-refractivity contribution in [2.45, 2.75) is 77.3 Å². The number of likely N-dealkylation sites (tertiary alicyclic amines) is 1. The Hall–Kier alpha value is -1.05. The summed E-state index contributed by atoms with van der Waals surface area (Å²) in [6, 6.07) is 0. The molecule has 2 aliphatic carbocycles. The fourth-order valence-electron chi connectivity index (χ4n) is 5.33. The highest BCUT2D eigenvalue weighted by molar-refractivity contribution is 5.20. The standard InChI is InChI=1S/C23H36FN/c1-17(2)22(5,24)21-8-6-20(7-9-21)16-25-15-14-23(19(25)4)12-10-18(3)11-13-23/h20-21H,1,3-4,6-16H2,2,5H3. The second kappa shape index (κ2) is 6.93. The van der Waals surface area contributed by atoms with Gasteiger partial charge in [-0.25, -0.2) is 4.39 Å². The van der Waals surface area contributed by atoms with Gasteiger partial charge < -0.3 is 4.90 Å². The third-order valence-corrected chi connectivity index (χ3v) is 7.69. The number of nitrogens with zero attached hydrogens (tertiary/aromatic N) is 1. The van der Waals surface area contributed by atoms with Gasteiger partial charge in [-0.05, 0) is 89.0 Å². The van der Waals surface area contributed by atoms with Gasteiger partial charge in [0.15, 0.2) is 0 Å². The maximum atomic E-state index is 14.8. The topological polar surface area (TPSA) is 3.24 Å². The van der Waals surface area contributed by atoms with Crippen molar-refractivity contribution in [3.05, 3.63) is 36.6 Å².